The van der Waals surface area contributed by atoms with Crippen molar-refractivity contribution in [1.29, 1.82) is 0 Å². The van der Waals surface area contributed by atoms with Crippen LogP contribution in [0.1, 0.15) is 0 Å². The van der Waals surface area contributed by atoms with Crippen molar-refractivity contribution >= 4 is 57.8 Å². The van der Waals surface area contributed by atoms with Gasteiger partial charge in [-0.1, -0.05) is 23.2 Å². The van der Waals surface area contributed by atoms with E-state index >= 15 is 0 Å². The fourth-order valence-electron chi connectivity index (χ4n) is 1.44. The molecule has 1 aliphatic heterocycles. The number of alkyl halides is 4. The highest BCUT2D eigenvalue weighted by atomic mass is 35.5. The summed E-state index contributed by atoms with van der Waals surface area (Å²) in [5.74, 6) is -1.95. The third-order valence-electron chi connectivity index (χ3n) is 2.49. The van der Waals surface area contributed by atoms with Gasteiger partial charge in [-0.15, -0.1) is 0 Å². The molecule has 1 aromatic rings. The topological polar surface area (TPSA) is 70.6 Å². The maximum atomic E-state index is 13.6. The summed E-state index contributed by atoms with van der Waals surface area (Å²) in [4.78, 5) is 25.9. The number of nitrogens with zero attached hydrogens (tertiary/aromatic N) is 1. The van der Waals surface area contributed by atoms with E-state index in [0.717, 1.165) is 0 Å². The number of urea groups is 1. The van der Waals surface area contributed by atoms with Crippen LogP contribution in [0.3, 0.4) is 0 Å². The lowest BCUT2D eigenvalue weighted by Crippen LogP contribution is -2.45. The molecule has 0 bridgehead atoms. The van der Waals surface area contributed by atoms with E-state index in [4.69, 9.17) is 23.2 Å². The molecule has 1 saturated heterocycles. The van der Waals surface area contributed by atoms with Crippen LogP contribution in [-0.2, 0) is 4.79 Å². The van der Waals surface area contributed by atoms with Gasteiger partial charge in [0.2, 0.25) is 0 Å². The van der Waals surface area contributed by atoms with E-state index in [1.807, 2.05) is 0 Å². The maximum absolute atomic E-state index is 13.6. The fourth-order valence-corrected chi connectivity index (χ4v) is 2.53. The van der Waals surface area contributed by atoms with Gasteiger partial charge < -0.3 is 10.6 Å². The number of thioether (sulfide) groups is 1. The lowest BCUT2D eigenvalue weighted by molar-refractivity contribution is -0.195. The summed E-state index contributed by atoms with van der Waals surface area (Å²) in [5, 5.41) is -0.909. The first-order valence-electron chi connectivity index (χ1n) is 5.64. The minimum Gasteiger partial charge on any atom is -0.306 e. The molecule has 0 saturated carbocycles. The van der Waals surface area contributed by atoms with Crippen LogP contribution in [0.25, 0.3) is 0 Å². The van der Waals surface area contributed by atoms with Crippen molar-refractivity contribution < 1.29 is 27.2 Å². The van der Waals surface area contributed by atoms with Gasteiger partial charge in [-0.05, 0) is 30.0 Å². The Morgan fingerprint density at radius 1 is 1.30 bits per heavy atom. The SMILES string of the molecule is O=C(/N=C1\NC(=O)C(F)(C(F)(F)F)S1)Nc1ccc(Cl)c(Cl)c1. The van der Waals surface area contributed by atoms with E-state index in [-0.39, 0.29) is 15.7 Å². The quantitative estimate of drug-likeness (QED) is 0.713. The molecular formula is C11H5Cl2F4N3O2S. The Bertz CT molecular complexity index is 713. The molecule has 2 N–H and O–H groups in total. The number of carbonyl (C=O) groups excluding carboxylic acids is 2. The highest BCUT2D eigenvalue weighted by Crippen LogP contribution is 2.46. The number of hydrogen-bond donors (Lipinski definition) is 2. The van der Waals surface area contributed by atoms with Gasteiger partial charge in [-0.25, -0.2) is 9.18 Å². The first kappa shape index (κ1) is 17.8. The van der Waals surface area contributed by atoms with Crippen LogP contribution in [0.5, 0.6) is 0 Å². The predicted octanol–water partition coefficient (Wildman–Crippen LogP) is 3.97. The molecule has 1 fully saturated rings. The standard InChI is InChI=1S/C11H5Cl2F4N3O2S/c12-5-2-1-4(3-6(5)13)18-8(22)20-9-19-7(21)10(14,23-9)11(15,16)17/h1-3H,(H2,18,19,20,21,22). The molecule has 0 spiro atoms. The molecule has 1 atom stereocenters. The Kier molecular flexibility index (Phi) is 4.79. The summed E-state index contributed by atoms with van der Waals surface area (Å²) >= 11 is 10.9. The van der Waals surface area contributed by atoms with E-state index in [0.29, 0.717) is 0 Å². The van der Waals surface area contributed by atoms with Gasteiger partial charge in [-0.2, -0.15) is 18.2 Å². The monoisotopic (exact) mass is 389 g/mol. The van der Waals surface area contributed by atoms with E-state index < -0.39 is 40.0 Å². The summed E-state index contributed by atoms with van der Waals surface area (Å²) < 4.78 is 51.1. The first-order valence-corrected chi connectivity index (χ1v) is 7.21. The second kappa shape index (κ2) is 6.17. The molecule has 1 unspecified atom stereocenters. The summed E-state index contributed by atoms with van der Waals surface area (Å²) in [7, 11) is 0. The van der Waals surface area contributed by atoms with Gasteiger partial charge in [0.1, 0.15) is 0 Å². The van der Waals surface area contributed by atoms with Gasteiger partial charge in [0.25, 0.3) is 5.91 Å². The second-order valence-electron chi connectivity index (χ2n) is 4.13. The molecular weight excluding hydrogens is 385 g/mol. The molecule has 1 aliphatic rings. The number of benzene rings is 1. The third-order valence-corrected chi connectivity index (χ3v) is 4.31. The third kappa shape index (κ3) is 3.70. The molecule has 124 valence electrons. The minimum atomic E-state index is -5.45. The normalized spacial score (nSPS) is 23.0. The average molecular weight is 390 g/mol. The van der Waals surface area contributed by atoms with E-state index in [2.05, 4.69) is 10.3 Å². The Morgan fingerprint density at radius 2 is 1.96 bits per heavy atom. The molecule has 0 aromatic heterocycles. The second-order valence-corrected chi connectivity index (χ2v) is 6.09. The van der Waals surface area contributed by atoms with Gasteiger partial charge in [0.05, 0.1) is 10.0 Å². The van der Waals surface area contributed by atoms with E-state index in [1.165, 1.54) is 18.2 Å². The van der Waals surface area contributed by atoms with Crippen LogP contribution >= 0.6 is 35.0 Å². The number of carbonyl (C=O) groups is 2. The molecule has 1 aromatic carbocycles. The number of amides is 3. The Balaban J connectivity index is 2.12. The Labute approximate surface area is 140 Å². The fraction of sp³-hybridized carbons (Fsp3) is 0.182. The number of anilines is 1. The lowest BCUT2D eigenvalue weighted by Gasteiger charge is -2.17. The van der Waals surface area contributed by atoms with Crippen molar-refractivity contribution in [3.8, 4) is 0 Å². The number of nitrogens with one attached hydrogen (secondary N) is 2. The summed E-state index contributed by atoms with van der Waals surface area (Å²) in [6, 6.07) is 2.88. The van der Waals surface area contributed by atoms with Crippen LogP contribution in [0.2, 0.25) is 10.0 Å². The maximum Gasteiger partial charge on any atom is 0.442 e. The zero-order valence-corrected chi connectivity index (χ0v) is 13.0. The van der Waals surface area contributed by atoms with Crippen molar-refractivity contribution in [2.24, 2.45) is 4.99 Å². The zero-order chi connectivity index (χ0) is 17.4. The number of amidine groups is 1. The van der Waals surface area contributed by atoms with Crippen molar-refractivity contribution in [3.63, 3.8) is 0 Å². The summed E-state index contributed by atoms with van der Waals surface area (Å²) in [5.41, 5.74) is 0.158. The Hall–Kier alpha value is -1.52. The minimum absolute atomic E-state index is 0.125. The molecule has 12 heteroatoms. The van der Waals surface area contributed by atoms with Crippen LogP contribution in [-0.4, -0.2) is 28.3 Å². The average Bonchev–Trinajstić information content (AvgIpc) is 2.69. The zero-order valence-electron chi connectivity index (χ0n) is 10.7. The molecule has 0 aliphatic carbocycles. The van der Waals surface area contributed by atoms with Crippen molar-refractivity contribution in [2.75, 3.05) is 5.32 Å². The molecule has 23 heavy (non-hydrogen) atoms. The predicted molar refractivity (Wildman–Crippen MR) is 78.5 cm³/mol. The van der Waals surface area contributed by atoms with Crippen LogP contribution in [0.4, 0.5) is 28.0 Å². The van der Waals surface area contributed by atoms with Crippen LogP contribution in [0.15, 0.2) is 23.2 Å². The molecule has 3 amide bonds. The van der Waals surface area contributed by atoms with Gasteiger partial charge >= 0.3 is 17.2 Å². The number of hydrogen-bond acceptors (Lipinski definition) is 3. The van der Waals surface area contributed by atoms with Gasteiger partial charge in [-0.3, -0.25) is 4.79 Å². The highest BCUT2D eigenvalue weighted by molar-refractivity contribution is 8.16. The first-order chi connectivity index (χ1) is 10.5. The number of halogens is 6. The van der Waals surface area contributed by atoms with E-state index in [1.54, 1.807) is 5.32 Å². The number of aliphatic imine (C=N–C) groups is 1. The Morgan fingerprint density at radius 3 is 2.48 bits per heavy atom. The van der Waals surface area contributed by atoms with Crippen LogP contribution < -0.4 is 10.6 Å². The smallest absolute Gasteiger partial charge is 0.306 e. The van der Waals surface area contributed by atoms with Crippen LogP contribution in [0, 0.1) is 0 Å². The van der Waals surface area contributed by atoms with Gasteiger partial charge in [0, 0.05) is 5.69 Å². The van der Waals surface area contributed by atoms with Crippen molar-refractivity contribution in [3.05, 3.63) is 28.2 Å². The largest absolute Gasteiger partial charge is 0.442 e. The molecule has 2 rings (SSSR count). The molecule has 0 radical (unpaired) electrons. The van der Waals surface area contributed by atoms with Gasteiger partial charge in [0.15, 0.2) is 5.17 Å². The molecule has 1 heterocycles. The van der Waals surface area contributed by atoms with Crippen molar-refractivity contribution in [1.82, 2.24) is 5.32 Å². The number of rotatable bonds is 1. The lowest BCUT2D eigenvalue weighted by atomic mass is 10.3. The van der Waals surface area contributed by atoms with E-state index in [9.17, 15) is 27.2 Å². The summed E-state index contributed by atoms with van der Waals surface area (Å²) in [6.45, 7) is 0. The van der Waals surface area contributed by atoms with Crippen molar-refractivity contribution in [2.45, 2.75) is 11.2 Å². The molecule has 5 nitrogen and oxygen atoms in total. The summed E-state index contributed by atoms with van der Waals surface area (Å²) in [6.07, 6.45) is -5.45. The highest BCUT2D eigenvalue weighted by Gasteiger charge is 2.67.